The van der Waals surface area contributed by atoms with Gasteiger partial charge in [-0.25, -0.2) is 4.79 Å². The number of likely N-dealkylation sites (tertiary alicyclic amines) is 1. The molecule has 0 aliphatic carbocycles. The second-order valence-corrected chi connectivity index (χ2v) is 7.76. The number of hydrogen-bond acceptors (Lipinski definition) is 2. The zero-order valence-corrected chi connectivity index (χ0v) is 17.1. The van der Waals surface area contributed by atoms with Crippen LogP contribution in [0.15, 0.2) is 48.5 Å². The summed E-state index contributed by atoms with van der Waals surface area (Å²) in [6.07, 6.45) is 1.53. The van der Waals surface area contributed by atoms with E-state index in [2.05, 4.69) is 5.32 Å². The van der Waals surface area contributed by atoms with E-state index >= 15 is 0 Å². The van der Waals surface area contributed by atoms with Crippen LogP contribution in [0.1, 0.15) is 29.5 Å². The zero-order chi connectivity index (χ0) is 20.1. The Morgan fingerprint density at radius 2 is 1.93 bits per heavy atom. The van der Waals surface area contributed by atoms with Gasteiger partial charge in [0.05, 0.1) is 0 Å². The van der Waals surface area contributed by atoms with E-state index in [1.54, 1.807) is 16.8 Å². The molecule has 3 amide bonds. The van der Waals surface area contributed by atoms with Crippen LogP contribution in [0.2, 0.25) is 5.02 Å². The van der Waals surface area contributed by atoms with Gasteiger partial charge in [0.15, 0.2) is 0 Å². The number of aryl methyl sites for hydroxylation is 1. The molecule has 1 aliphatic heterocycles. The predicted octanol–water partition coefficient (Wildman–Crippen LogP) is 3.98. The molecule has 0 unspecified atom stereocenters. The third-order valence-electron chi connectivity index (χ3n) is 5.03. The normalized spacial score (nSPS) is 16.1. The molecule has 0 aromatic heterocycles. The molecule has 2 aromatic rings. The van der Waals surface area contributed by atoms with Gasteiger partial charge in [0.25, 0.3) is 0 Å². The number of nitrogens with zero attached hydrogens (tertiary/aromatic N) is 2. The van der Waals surface area contributed by atoms with Crippen molar-refractivity contribution in [3.63, 3.8) is 0 Å². The Balaban J connectivity index is 1.58. The lowest BCUT2D eigenvalue weighted by Crippen LogP contribution is -2.49. The molecule has 148 valence electrons. The molecule has 1 aliphatic rings. The maximum Gasteiger partial charge on any atom is 0.318 e. The molecule has 6 heteroatoms. The van der Waals surface area contributed by atoms with Gasteiger partial charge in [-0.1, -0.05) is 53.6 Å². The average Bonchev–Trinajstić information content (AvgIpc) is 3.17. The standard InChI is InChI=1S/C22H26ClN3O2/c1-16-5-3-6-18(13-16)14-24-22(28)26-12-4-7-20(26)21(27)25(2)15-17-8-10-19(23)11-9-17/h3,5-6,8-11,13,20H,4,7,12,14-15H2,1-2H3,(H,24,28)/t20-/m1/s1. The monoisotopic (exact) mass is 399 g/mol. The fourth-order valence-corrected chi connectivity index (χ4v) is 3.69. The predicted molar refractivity (Wildman–Crippen MR) is 111 cm³/mol. The molecule has 5 nitrogen and oxygen atoms in total. The van der Waals surface area contributed by atoms with Crippen molar-refractivity contribution < 1.29 is 9.59 Å². The number of carbonyl (C=O) groups is 2. The van der Waals surface area contributed by atoms with Crippen LogP contribution in [-0.4, -0.2) is 41.4 Å². The number of carbonyl (C=O) groups excluding carboxylic acids is 2. The lowest BCUT2D eigenvalue weighted by molar-refractivity contribution is -0.134. The van der Waals surface area contributed by atoms with E-state index in [9.17, 15) is 9.59 Å². The van der Waals surface area contributed by atoms with E-state index in [0.717, 1.165) is 23.1 Å². The zero-order valence-electron chi connectivity index (χ0n) is 16.3. The smallest absolute Gasteiger partial charge is 0.318 e. The number of likely N-dealkylation sites (N-methyl/N-ethyl adjacent to an activating group) is 1. The van der Waals surface area contributed by atoms with Crippen LogP contribution in [0.3, 0.4) is 0 Å². The van der Waals surface area contributed by atoms with Gasteiger partial charge in [-0.2, -0.15) is 0 Å². The number of urea groups is 1. The lowest BCUT2D eigenvalue weighted by atomic mass is 10.1. The Hall–Kier alpha value is -2.53. The summed E-state index contributed by atoms with van der Waals surface area (Å²) in [6, 6.07) is 14.9. The van der Waals surface area contributed by atoms with Crippen LogP contribution in [0, 0.1) is 6.92 Å². The third kappa shape index (κ3) is 5.04. The topological polar surface area (TPSA) is 52.7 Å². The van der Waals surface area contributed by atoms with Crippen molar-refractivity contribution in [1.29, 1.82) is 0 Å². The molecule has 0 spiro atoms. The Kier molecular flexibility index (Phi) is 6.57. The van der Waals surface area contributed by atoms with Crippen molar-refractivity contribution >= 4 is 23.5 Å². The van der Waals surface area contributed by atoms with Crippen molar-refractivity contribution in [3.8, 4) is 0 Å². The van der Waals surface area contributed by atoms with Crippen LogP contribution in [0.4, 0.5) is 4.79 Å². The molecule has 0 bridgehead atoms. The SMILES string of the molecule is Cc1cccc(CNC(=O)N2CCC[C@@H]2C(=O)N(C)Cc2ccc(Cl)cc2)c1. The summed E-state index contributed by atoms with van der Waals surface area (Å²) in [5.74, 6) is -0.0295. The molecular weight excluding hydrogens is 374 g/mol. The number of nitrogens with one attached hydrogen (secondary N) is 1. The number of halogens is 1. The summed E-state index contributed by atoms with van der Waals surface area (Å²) >= 11 is 5.92. The molecule has 0 radical (unpaired) electrons. The van der Waals surface area contributed by atoms with Gasteiger partial charge >= 0.3 is 6.03 Å². The van der Waals surface area contributed by atoms with Crippen LogP contribution in [-0.2, 0) is 17.9 Å². The van der Waals surface area contributed by atoms with E-state index in [0.29, 0.717) is 31.1 Å². The van der Waals surface area contributed by atoms with Crippen molar-refractivity contribution in [2.45, 2.75) is 38.9 Å². The van der Waals surface area contributed by atoms with Gasteiger partial charge in [0, 0.05) is 31.7 Å². The van der Waals surface area contributed by atoms with E-state index in [1.807, 2.05) is 55.5 Å². The first-order valence-corrected chi connectivity index (χ1v) is 9.91. The van der Waals surface area contributed by atoms with Crippen molar-refractivity contribution in [1.82, 2.24) is 15.1 Å². The molecule has 2 aromatic carbocycles. The third-order valence-corrected chi connectivity index (χ3v) is 5.29. The van der Waals surface area contributed by atoms with Crippen molar-refractivity contribution in [2.24, 2.45) is 0 Å². The van der Waals surface area contributed by atoms with Gasteiger partial charge in [0.2, 0.25) is 5.91 Å². The van der Waals surface area contributed by atoms with Crippen LogP contribution in [0.25, 0.3) is 0 Å². The summed E-state index contributed by atoms with van der Waals surface area (Å²) < 4.78 is 0. The van der Waals surface area contributed by atoms with E-state index in [4.69, 9.17) is 11.6 Å². The summed E-state index contributed by atoms with van der Waals surface area (Å²) in [6.45, 7) is 3.58. The fourth-order valence-electron chi connectivity index (χ4n) is 3.56. The first kappa shape index (κ1) is 20.2. The summed E-state index contributed by atoms with van der Waals surface area (Å²) in [5, 5.41) is 3.62. The summed E-state index contributed by atoms with van der Waals surface area (Å²) in [4.78, 5) is 28.9. The fraction of sp³-hybridized carbons (Fsp3) is 0.364. The molecule has 1 saturated heterocycles. The van der Waals surface area contributed by atoms with Crippen LogP contribution in [0.5, 0.6) is 0 Å². The van der Waals surface area contributed by atoms with Gasteiger partial charge in [0.1, 0.15) is 6.04 Å². The minimum Gasteiger partial charge on any atom is -0.340 e. The van der Waals surface area contributed by atoms with E-state index in [-0.39, 0.29) is 11.9 Å². The first-order chi connectivity index (χ1) is 13.4. The maximum absolute atomic E-state index is 12.9. The first-order valence-electron chi connectivity index (χ1n) is 9.53. The van der Waals surface area contributed by atoms with Crippen molar-refractivity contribution in [2.75, 3.05) is 13.6 Å². The second-order valence-electron chi connectivity index (χ2n) is 7.32. The number of hydrogen-bond donors (Lipinski definition) is 1. The summed E-state index contributed by atoms with van der Waals surface area (Å²) in [5.41, 5.74) is 3.22. The molecule has 28 heavy (non-hydrogen) atoms. The lowest BCUT2D eigenvalue weighted by Gasteiger charge is -2.28. The molecule has 1 heterocycles. The van der Waals surface area contributed by atoms with Gasteiger partial charge in [-0.3, -0.25) is 4.79 Å². The van der Waals surface area contributed by atoms with Crippen LogP contribution >= 0.6 is 11.6 Å². The van der Waals surface area contributed by atoms with Gasteiger partial charge in [-0.15, -0.1) is 0 Å². The highest BCUT2D eigenvalue weighted by Crippen LogP contribution is 2.20. The second kappa shape index (κ2) is 9.11. The Morgan fingerprint density at radius 1 is 1.18 bits per heavy atom. The van der Waals surface area contributed by atoms with Gasteiger partial charge < -0.3 is 15.1 Å². The molecule has 3 rings (SSSR count). The van der Waals surface area contributed by atoms with Gasteiger partial charge in [-0.05, 0) is 43.0 Å². The maximum atomic E-state index is 12.9. The van der Waals surface area contributed by atoms with E-state index < -0.39 is 6.04 Å². The molecular formula is C22H26ClN3O2. The number of rotatable bonds is 5. The van der Waals surface area contributed by atoms with Crippen molar-refractivity contribution in [3.05, 3.63) is 70.2 Å². The highest BCUT2D eigenvalue weighted by molar-refractivity contribution is 6.30. The number of benzene rings is 2. The minimum atomic E-state index is -0.408. The average molecular weight is 400 g/mol. The van der Waals surface area contributed by atoms with Crippen LogP contribution < -0.4 is 5.32 Å². The largest absolute Gasteiger partial charge is 0.340 e. The highest BCUT2D eigenvalue weighted by atomic mass is 35.5. The molecule has 1 fully saturated rings. The quantitative estimate of drug-likeness (QED) is 0.826. The Morgan fingerprint density at radius 3 is 2.64 bits per heavy atom. The Labute approximate surface area is 171 Å². The summed E-state index contributed by atoms with van der Waals surface area (Å²) in [7, 11) is 1.78. The molecule has 1 N–H and O–H groups in total. The highest BCUT2D eigenvalue weighted by Gasteiger charge is 2.35. The number of amides is 3. The molecule has 0 saturated carbocycles. The molecule has 1 atom stereocenters. The van der Waals surface area contributed by atoms with E-state index in [1.165, 1.54) is 0 Å². The Bertz CT molecular complexity index is 838. The minimum absolute atomic E-state index is 0.0295.